The van der Waals surface area contributed by atoms with Crippen molar-refractivity contribution in [3.8, 4) is 0 Å². The third-order valence-electron chi connectivity index (χ3n) is 5.10. The van der Waals surface area contributed by atoms with Crippen molar-refractivity contribution in [1.82, 2.24) is 15.2 Å². The number of nitrogens with zero attached hydrogens (tertiary/aromatic N) is 3. The van der Waals surface area contributed by atoms with Gasteiger partial charge in [0.25, 0.3) is 0 Å². The molecule has 28 heavy (non-hydrogen) atoms. The normalized spacial score (nSPS) is 18.1. The summed E-state index contributed by atoms with van der Waals surface area (Å²) in [5.74, 6) is -0.571. The first-order chi connectivity index (χ1) is 13.1. The van der Waals surface area contributed by atoms with Crippen molar-refractivity contribution in [3.05, 3.63) is 35.0 Å². The molecule has 1 saturated heterocycles. The van der Waals surface area contributed by atoms with Crippen molar-refractivity contribution >= 4 is 40.1 Å². The Bertz CT molecular complexity index is 1030. The summed E-state index contributed by atoms with van der Waals surface area (Å²) in [5.41, 5.74) is 1.03. The first-order valence-corrected chi connectivity index (χ1v) is 9.73. The average Bonchev–Trinajstić information content (AvgIpc) is 3.23. The Morgan fingerprint density at radius 1 is 1.14 bits per heavy atom. The second-order valence-electron chi connectivity index (χ2n) is 7.76. The largest absolute Gasteiger partial charge is 0.494 e. The zero-order valence-electron chi connectivity index (χ0n) is 16.1. The van der Waals surface area contributed by atoms with Crippen LogP contribution in [0, 0.1) is 0 Å². The third kappa shape index (κ3) is 3.55. The Hall–Kier alpha value is -2.30. The minimum absolute atomic E-state index is 0.0895. The lowest BCUT2D eigenvalue weighted by Gasteiger charge is -2.32. The highest BCUT2D eigenvalue weighted by atomic mass is 32.1. The fourth-order valence-corrected chi connectivity index (χ4v) is 3.89. The zero-order valence-corrected chi connectivity index (χ0v) is 16.9. The van der Waals surface area contributed by atoms with Gasteiger partial charge in [-0.2, -0.15) is 0 Å². The summed E-state index contributed by atoms with van der Waals surface area (Å²) < 4.78 is 18.6. The van der Waals surface area contributed by atoms with Crippen molar-refractivity contribution in [2.75, 3.05) is 0 Å². The van der Waals surface area contributed by atoms with Crippen molar-refractivity contribution in [2.24, 2.45) is 0 Å². The number of hydrogen-bond acceptors (Lipinski definition) is 8. The summed E-state index contributed by atoms with van der Waals surface area (Å²) in [6.45, 7) is 8.11. The van der Waals surface area contributed by atoms with Gasteiger partial charge in [0.05, 0.1) is 27.8 Å². The smallest absolute Gasteiger partial charge is 0.481 e. The van der Waals surface area contributed by atoms with Gasteiger partial charge in [0, 0.05) is 0 Å². The highest BCUT2D eigenvalue weighted by Crippen LogP contribution is 2.36. The quantitative estimate of drug-likeness (QED) is 0.649. The molecule has 10 heteroatoms. The van der Waals surface area contributed by atoms with E-state index in [1.165, 1.54) is 11.3 Å². The fraction of sp³-hybridized carbons (Fsp3) is 0.444. The summed E-state index contributed by atoms with van der Waals surface area (Å²) in [6.07, 6.45) is 0.0715. The van der Waals surface area contributed by atoms with Gasteiger partial charge >= 0.3 is 13.1 Å². The molecule has 3 heterocycles. The summed E-state index contributed by atoms with van der Waals surface area (Å²) in [5, 5.41) is 17.2. The Morgan fingerprint density at radius 2 is 1.82 bits per heavy atom. The van der Waals surface area contributed by atoms with E-state index in [9.17, 15) is 4.79 Å². The summed E-state index contributed by atoms with van der Waals surface area (Å²) in [6, 6.07) is 5.94. The van der Waals surface area contributed by atoms with Gasteiger partial charge in [0.1, 0.15) is 11.4 Å². The first kappa shape index (κ1) is 19.0. The predicted octanol–water partition coefficient (Wildman–Crippen LogP) is 2.20. The van der Waals surface area contributed by atoms with Crippen LogP contribution in [0.15, 0.2) is 22.6 Å². The van der Waals surface area contributed by atoms with Gasteiger partial charge in [-0.15, -0.1) is 21.5 Å². The van der Waals surface area contributed by atoms with Crippen molar-refractivity contribution in [3.63, 3.8) is 0 Å². The van der Waals surface area contributed by atoms with Crippen LogP contribution >= 0.6 is 11.3 Å². The van der Waals surface area contributed by atoms with E-state index in [1.807, 2.05) is 45.9 Å². The molecule has 0 aliphatic carbocycles. The molecule has 3 aromatic rings. The fourth-order valence-electron chi connectivity index (χ4n) is 2.88. The molecule has 2 aromatic heterocycles. The second-order valence-corrected chi connectivity index (χ2v) is 8.88. The minimum Gasteiger partial charge on any atom is -0.481 e. The highest BCUT2D eigenvalue weighted by molar-refractivity contribution is 7.18. The Morgan fingerprint density at radius 3 is 2.50 bits per heavy atom. The molecular weight excluding hydrogens is 381 g/mol. The maximum absolute atomic E-state index is 10.7. The third-order valence-corrected chi connectivity index (χ3v) is 6.11. The number of benzene rings is 1. The molecule has 1 N–H and O–H groups in total. The van der Waals surface area contributed by atoms with E-state index in [0.29, 0.717) is 12.3 Å². The molecule has 0 unspecified atom stereocenters. The van der Waals surface area contributed by atoms with E-state index >= 15 is 0 Å². The topological polar surface area (TPSA) is 108 Å². The SMILES string of the molecule is CC1(C)OB(c2ccc3nc(Cc4nnc(CC(=O)O)o4)sc3c2)OC1(C)C. The molecule has 1 aliphatic heterocycles. The molecule has 0 radical (unpaired) electrons. The number of carboxylic acids is 1. The van der Waals surface area contributed by atoms with Gasteiger partial charge in [-0.25, -0.2) is 4.98 Å². The van der Waals surface area contributed by atoms with Gasteiger partial charge in [-0.1, -0.05) is 6.07 Å². The van der Waals surface area contributed by atoms with E-state index in [4.69, 9.17) is 18.8 Å². The molecule has 0 saturated carbocycles. The Balaban J connectivity index is 1.54. The van der Waals surface area contributed by atoms with E-state index in [1.54, 1.807) is 0 Å². The van der Waals surface area contributed by atoms with Crippen LogP contribution in [-0.4, -0.2) is 44.6 Å². The van der Waals surface area contributed by atoms with Crippen LogP contribution in [-0.2, 0) is 26.9 Å². The number of fused-ring (bicyclic) bond motifs is 1. The van der Waals surface area contributed by atoms with E-state index in [0.717, 1.165) is 20.7 Å². The minimum atomic E-state index is -1.01. The molecule has 8 nitrogen and oxygen atoms in total. The van der Waals surface area contributed by atoms with Crippen molar-refractivity contribution in [1.29, 1.82) is 0 Å². The number of rotatable bonds is 5. The number of carbonyl (C=O) groups is 1. The average molecular weight is 401 g/mol. The van der Waals surface area contributed by atoms with Crippen molar-refractivity contribution in [2.45, 2.75) is 51.7 Å². The first-order valence-electron chi connectivity index (χ1n) is 8.91. The van der Waals surface area contributed by atoms with E-state index in [2.05, 4.69) is 15.2 Å². The predicted molar refractivity (Wildman–Crippen MR) is 104 cm³/mol. The van der Waals surface area contributed by atoms with Gasteiger partial charge < -0.3 is 18.8 Å². The number of aromatic nitrogens is 3. The Labute approximate surface area is 166 Å². The van der Waals surface area contributed by atoms with Gasteiger partial charge in [-0.05, 0) is 45.3 Å². The standard InChI is InChI=1S/C18H20BN3O5S/c1-17(2)18(3,4)27-19(26-17)10-5-6-11-12(7-10)28-15(20-11)8-13-21-22-14(25-13)9-16(23)24/h5-7H,8-9H2,1-4H3,(H,23,24). The monoisotopic (exact) mass is 401 g/mol. The summed E-state index contributed by atoms with van der Waals surface area (Å²) in [4.78, 5) is 15.3. The molecule has 0 amide bonds. The lowest BCUT2D eigenvalue weighted by Crippen LogP contribution is -2.41. The highest BCUT2D eigenvalue weighted by Gasteiger charge is 2.51. The molecule has 1 aromatic carbocycles. The van der Waals surface area contributed by atoms with Gasteiger partial charge in [0.2, 0.25) is 11.8 Å². The van der Waals surface area contributed by atoms with E-state index in [-0.39, 0.29) is 12.3 Å². The number of carboxylic acid groups (broad SMARTS) is 1. The molecule has 0 spiro atoms. The lowest BCUT2D eigenvalue weighted by atomic mass is 9.79. The van der Waals surface area contributed by atoms with Crippen molar-refractivity contribution < 1.29 is 23.6 Å². The van der Waals surface area contributed by atoms with Crippen LogP contribution in [0.2, 0.25) is 0 Å². The van der Waals surface area contributed by atoms with Crippen LogP contribution in [0.25, 0.3) is 10.2 Å². The molecule has 0 bridgehead atoms. The molecule has 4 rings (SSSR count). The number of thiazole rings is 1. The van der Waals surface area contributed by atoms with Crippen LogP contribution in [0.3, 0.4) is 0 Å². The maximum Gasteiger partial charge on any atom is 0.494 e. The van der Waals surface area contributed by atoms with Crippen LogP contribution < -0.4 is 5.46 Å². The summed E-state index contributed by atoms with van der Waals surface area (Å²) in [7, 11) is -0.422. The summed E-state index contributed by atoms with van der Waals surface area (Å²) >= 11 is 1.52. The molecule has 0 atom stereocenters. The lowest BCUT2D eigenvalue weighted by molar-refractivity contribution is -0.136. The van der Waals surface area contributed by atoms with Crippen LogP contribution in [0.4, 0.5) is 0 Å². The molecule has 1 aliphatic rings. The molecule has 1 fully saturated rings. The van der Waals surface area contributed by atoms with Gasteiger partial charge in [0.15, 0.2) is 0 Å². The second kappa shape index (κ2) is 6.65. The maximum atomic E-state index is 10.7. The Kier molecular flexibility index (Phi) is 4.52. The van der Waals surface area contributed by atoms with Gasteiger partial charge in [-0.3, -0.25) is 4.79 Å². The van der Waals surface area contributed by atoms with Crippen LogP contribution in [0.1, 0.15) is 44.5 Å². The van der Waals surface area contributed by atoms with Crippen LogP contribution in [0.5, 0.6) is 0 Å². The zero-order chi connectivity index (χ0) is 20.1. The molecular formula is C18H20BN3O5S. The number of aliphatic carboxylic acids is 1. The number of hydrogen-bond donors (Lipinski definition) is 1. The molecule has 146 valence electrons. The van der Waals surface area contributed by atoms with E-state index < -0.39 is 24.3 Å².